The van der Waals surface area contributed by atoms with Crippen LogP contribution in [0.4, 0.5) is 5.69 Å². The van der Waals surface area contributed by atoms with E-state index in [-0.39, 0.29) is 24.2 Å². The van der Waals surface area contributed by atoms with Crippen molar-refractivity contribution in [3.8, 4) is 0 Å². The average molecular weight is 306 g/mol. The minimum absolute atomic E-state index is 0.142. The maximum atomic E-state index is 12.3. The number of nitrogens with two attached hydrogens (primary N) is 1. The highest BCUT2D eigenvalue weighted by Crippen LogP contribution is 2.37. The summed E-state index contributed by atoms with van der Waals surface area (Å²) >= 11 is 0. The number of hydrogen-bond donors (Lipinski definition) is 1. The van der Waals surface area contributed by atoms with Gasteiger partial charge >= 0.3 is 0 Å². The highest BCUT2D eigenvalue weighted by atomic mass is 16.6. The van der Waals surface area contributed by atoms with E-state index in [0.29, 0.717) is 24.9 Å². The Morgan fingerprint density at radius 3 is 2.82 bits per heavy atom. The van der Waals surface area contributed by atoms with Crippen molar-refractivity contribution in [2.45, 2.75) is 25.4 Å². The SMILES string of the molecule is NC1CCC2CN(C(=O)Cn3cc([N+](=O)[O-])ccc3=O)CC12. The van der Waals surface area contributed by atoms with Gasteiger partial charge in [0.2, 0.25) is 5.91 Å². The van der Waals surface area contributed by atoms with Crippen LogP contribution in [0.25, 0.3) is 0 Å². The summed E-state index contributed by atoms with van der Waals surface area (Å²) in [6.45, 7) is 1.12. The molecule has 0 spiro atoms. The van der Waals surface area contributed by atoms with Crippen molar-refractivity contribution in [2.75, 3.05) is 13.1 Å². The van der Waals surface area contributed by atoms with E-state index in [2.05, 4.69) is 0 Å². The second-order valence-electron chi connectivity index (χ2n) is 6.07. The van der Waals surface area contributed by atoms with E-state index in [0.717, 1.165) is 35.7 Å². The Morgan fingerprint density at radius 1 is 1.36 bits per heavy atom. The first-order chi connectivity index (χ1) is 10.5. The van der Waals surface area contributed by atoms with Gasteiger partial charge in [-0.2, -0.15) is 0 Å². The third-order valence-corrected chi connectivity index (χ3v) is 4.75. The average Bonchev–Trinajstić information content (AvgIpc) is 3.03. The number of fused-ring (bicyclic) bond motifs is 1. The van der Waals surface area contributed by atoms with Crippen molar-refractivity contribution < 1.29 is 9.72 Å². The smallest absolute Gasteiger partial charge is 0.285 e. The van der Waals surface area contributed by atoms with E-state index in [1.807, 2.05) is 0 Å². The van der Waals surface area contributed by atoms with Gasteiger partial charge in [-0.05, 0) is 24.7 Å². The van der Waals surface area contributed by atoms with Gasteiger partial charge in [-0.25, -0.2) is 0 Å². The van der Waals surface area contributed by atoms with Crippen LogP contribution in [-0.2, 0) is 11.3 Å². The number of rotatable bonds is 3. The summed E-state index contributed by atoms with van der Waals surface area (Å²) in [5.41, 5.74) is 5.42. The van der Waals surface area contributed by atoms with Crippen molar-refractivity contribution in [2.24, 2.45) is 17.6 Å². The molecule has 1 saturated heterocycles. The van der Waals surface area contributed by atoms with Crippen LogP contribution in [0.15, 0.2) is 23.1 Å². The zero-order valence-corrected chi connectivity index (χ0v) is 12.1. The highest BCUT2D eigenvalue weighted by molar-refractivity contribution is 5.76. The molecule has 22 heavy (non-hydrogen) atoms. The normalized spacial score (nSPS) is 27.0. The van der Waals surface area contributed by atoms with E-state index in [4.69, 9.17) is 5.73 Å². The zero-order chi connectivity index (χ0) is 15.9. The number of aromatic nitrogens is 1. The number of nitrogens with zero attached hydrogens (tertiary/aromatic N) is 3. The molecule has 2 aliphatic rings. The molecule has 0 radical (unpaired) electrons. The molecule has 1 aromatic rings. The molecule has 2 N–H and O–H groups in total. The molecular weight excluding hydrogens is 288 g/mol. The van der Waals surface area contributed by atoms with Gasteiger partial charge in [-0.3, -0.25) is 24.3 Å². The van der Waals surface area contributed by atoms with Crippen LogP contribution in [0.2, 0.25) is 0 Å². The van der Waals surface area contributed by atoms with Crippen molar-refractivity contribution >= 4 is 11.6 Å². The van der Waals surface area contributed by atoms with Crippen LogP contribution in [0, 0.1) is 22.0 Å². The minimum Gasteiger partial charge on any atom is -0.341 e. The summed E-state index contributed by atoms with van der Waals surface area (Å²) in [7, 11) is 0. The van der Waals surface area contributed by atoms with Crippen LogP contribution in [0.5, 0.6) is 0 Å². The molecule has 1 aromatic heterocycles. The molecule has 3 rings (SSSR count). The van der Waals surface area contributed by atoms with Crippen LogP contribution in [0.3, 0.4) is 0 Å². The summed E-state index contributed by atoms with van der Waals surface area (Å²) < 4.78 is 1.09. The van der Waals surface area contributed by atoms with Gasteiger partial charge in [-0.1, -0.05) is 0 Å². The van der Waals surface area contributed by atoms with Crippen LogP contribution < -0.4 is 11.3 Å². The number of carbonyl (C=O) groups is 1. The lowest BCUT2D eigenvalue weighted by atomic mass is 9.98. The Kier molecular flexibility index (Phi) is 3.69. The van der Waals surface area contributed by atoms with Gasteiger partial charge in [-0.15, -0.1) is 0 Å². The maximum absolute atomic E-state index is 12.3. The second kappa shape index (κ2) is 5.53. The summed E-state index contributed by atoms with van der Waals surface area (Å²) in [5.74, 6) is 0.593. The third-order valence-electron chi connectivity index (χ3n) is 4.75. The molecule has 8 nitrogen and oxygen atoms in total. The van der Waals surface area contributed by atoms with Crippen LogP contribution >= 0.6 is 0 Å². The van der Waals surface area contributed by atoms with E-state index in [1.165, 1.54) is 0 Å². The van der Waals surface area contributed by atoms with E-state index in [9.17, 15) is 19.7 Å². The summed E-state index contributed by atoms with van der Waals surface area (Å²) in [5, 5.41) is 10.8. The number of pyridine rings is 1. The molecular formula is C14H18N4O4. The van der Waals surface area contributed by atoms with Gasteiger partial charge in [0.25, 0.3) is 11.2 Å². The first-order valence-electron chi connectivity index (χ1n) is 7.34. The Morgan fingerprint density at radius 2 is 2.14 bits per heavy atom. The van der Waals surface area contributed by atoms with E-state index >= 15 is 0 Å². The quantitative estimate of drug-likeness (QED) is 0.621. The predicted molar refractivity (Wildman–Crippen MR) is 78.1 cm³/mol. The van der Waals surface area contributed by atoms with Gasteiger partial charge in [0, 0.05) is 31.3 Å². The lowest BCUT2D eigenvalue weighted by Gasteiger charge is -2.19. The Balaban J connectivity index is 1.71. The largest absolute Gasteiger partial charge is 0.341 e. The molecule has 0 bridgehead atoms. The number of amides is 1. The van der Waals surface area contributed by atoms with Crippen LogP contribution in [0.1, 0.15) is 12.8 Å². The summed E-state index contributed by atoms with van der Waals surface area (Å²) in [4.78, 5) is 36.0. The van der Waals surface area contributed by atoms with Gasteiger partial charge in [0.15, 0.2) is 0 Å². The molecule has 1 aliphatic heterocycles. The number of hydrogen-bond acceptors (Lipinski definition) is 5. The number of carbonyl (C=O) groups excluding carboxylic acids is 1. The van der Waals surface area contributed by atoms with Gasteiger partial charge in [0.05, 0.1) is 11.1 Å². The van der Waals surface area contributed by atoms with Crippen LogP contribution in [-0.4, -0.2) is 39.4 Å². The van der Waals surface area contributed by atoms with Gasteiger partial charge < -0.3 is 10.6 Å². The lowest BCUT2D eigenvalue weighted by Crippen LogP contribution is -2.37. The molecule has 3 unspecified atom stereocenters. The molecule has 1 aliphatic carbocycles. The monoisotopic (exact) mass is 306 g/mol. The zero-order valence-electron chi connectivity index (χ0n) is 12.1. The van der Waals surface area contributed by atoms with Crippen molar-refractivity contribution in [3.05, 3.63) is 38.8 Å². The molecule has 2 heterocycles. The Labute approximate surface area is 126 Å². The van der Waals surface area contributed by atoms with Gasteiger partial charge in [0.1, 0.15) is 6.54 Å². The number of nitro groups is 1. The van der Waals surface area contributed by atoms with Crippen molar-refractivity contribution in [3.63, 3.8) is 0 Å². The Hall–Kier alpha value is -2.22. The fourth-order valence-electron chi connectivity index (χ4n) is 3.51. The fraction of sp³-hybridized carbons (Fsp3) is 0.571. The van der Waals surface area contributed by atoms with Crippen molar-refractivity contribution in [1.29, 1.82) is 0 Å². The molecule has 3 atom stereocenters. The molecule has 8 heteroatoms. The topological polar surface area (TPSA) is 111 Å². The first-order valence-corrected chi connectivity index (χ1v) is 7.34. The van der Waals surface area contributed by atoms with Crippen molar-refractivity contribution in [1.82, 2.24) is 9.47 Å². The minimum atomic E-state index is -0.584. The molecule has 2 fully saturated rings. The molecule has 0 aromatic carbocycles. The molecule has 1 amide bonds. The first kappa shape index (κ1) is 14.7. The maximum Gasteiger partial charge on any atom is 0.285 e. The summed E-state index contributed by atoms with van der Waals surface area (Å²) in [6, 6.07) is 2.39. The summed E-state index contributed by atoms with van der Waals surface area (Å²) in [6.07, 6.45) is 3.15. The fourth-order valence-corrected chi connectivity index (χ4v) is 3.51. The number of likely N-dealkylation sites (tertiary alicyclic amines) is 1. The Bertz CT molecular complexity index is 671. The third kappa shape index (κ3) is 2.61. The molecule has 118 valence electrons. The predicted octanol–water partition coefficient (Wildman–Crippen LogP) is -0.0478. The second-order valence-corrected chi connectivity index (χ2v) is 6.07. The molecule has 1 saturated carbocycles. The van der Waals surface area contributed by atoms with E-state index in [1.54, 1.807) is 4.90 Å². The highest BCUT2D eigenvalue weighted by Gasteiger charge is 2.42. The lowest BCUT2D eigenvalue weighted by molar-refractivity contribution is -0.385. The standard InChI is InChI=1S/C14H18N4O4/c15-12-3-1-9-5-16(7-11(9)12)14(20)8-17-6-10(18(21)22)2-4-13(17)19/h2,4,6,9,11-12H,1,3,5,7-8,15H2. The van der Waals surface area contributed by atoms with E-state index < -0.39 is 10.5 Å².